The Balaban J connectivity index is 1.38. The second-order valence-corrected chi connectivity index (χ2v) is 7.67. The third kappa shape index (κ3) is 3.74. The van der Waals surface area contributed by atoms with Gasteiger partial charge in [0.2, 0.25) is 0 Å². The first-order valence-corrected chi connectivity index (χ1v) is 9.92. The number of piperidine rings is 1. The van der Waals surface area contributed by atoms with Crippen LogP contribution in [0.1, 0.15) is 58.6 Å². The molecule has 1 amide bonds. The van der Waals surface area contributed by atoms with Crippen LogP contribution < -0.4 is 5.01 Å². The van der Waals surface area contributed by atoms with Gasteiger partial charge in [0, 0.05) is 37.3 Å². The smallest absolute Gasteiger partial charge is 0.339 e. The number of aromatic carboxylic acids is 1. The summed E-state index contributed by atoms with van der Waals surface area (Å²) in [5.74, 6) is -0.931. The molecule has 1 fully saturated rings. The Morgan fingerprint density at radius 3 is 2.31 bits per heavy atom. The van der Waals surface area contributed by atoms with Crippen LogP contribution >= 0.6 is 0 Å². The molecule has 3 heterocycles. The van der Waals surface area contributed by atoms with E-state index in [0.717, 1.165) is 37.2 Å². The fourth-order valence-electron chi connectivity index (χ4n) is 4.03. The Bertz CT molecular complexity index is 955. The van der Waals surface area contributed by atoms with Gasteiger partial charge in [-0.25, -0.2) is 4.79 Å². The average Bonchev–Trinajstić information content (AvgIpc) is 3.33. The quantitative estimate of drug-likeness (QED) is 0.859. The summed E-state index contributed by atoms with van der Waals surface area (Å²) in [5.41, 5.74) is 3.70. The Labute approximate surface area is 169 Å². The Hall–Kier alpha value is -3.16. The normalized spacial score (nSPS) is 17.5. The second-order valence-electron chi connectivity index (χ2n) is 7.67. The Morgan fingerprint density at radius 2 is 1.76 bits per heavy atom. The number of carbonyl (C=O) groups excluding carboxylic acids is 1. The Kier molecular flexibility index (Phi) is 5.08. The molecule has 8 heteroatoms. The zero-order chi connectivity index (χ0) is 20.5. The maximum atomic E-state index is 12.9. The summed E-state index contributed by atoms with van der Waals surface area (Å²) in [7, 11) is 0. The highest BCUT2D eigenvalue weighted by molar-refractivity contribution is 5.94. The molecular weight excluding hydrogens is 370 g/mol. The van der Waals surface area contributed by atoms with Crippen LogP contribution in [0.25, 0.3) is 0 Å². The second kappa shape index (κ2) is 7.69. The number of amides is 1. The number of carboxylic acids is 1. The molecule has 1 N–H and O–H groups in total. The standard InChI is InChI=1S/C21H25N5O3/c1-14-7-12-25(23-14)17-5-3-16(4-6-17)20(27)24-10-8-18(9-11-24)26-15(2)19(13-22-26)21(28)29/h3-6,13,18H,7-12H2,1-2H3,(H,28,29). The largest absolute Gasteiger partial charge is 0.478 e. The van der Waals surface area contributed by atoms with Crippen LogP contribution in [-0.2, 0) is 0 Å². The maximum absolute atomic E-state index is 12.9. The van der Waals surface area contributed by atoms with Gasteiger partial charge in [0.15, 0.2) is 0 Å². The van der Waals surface area contributed by atoms with E-state index in [2.05, 4.69) is 10.2 Å². The maximum Gasteiger partial charge on any atom is 0.339 e. The molecule has 29 heavy (non-hydrogen) atoms. The molecule has 8 nitrogen and oxygen atoms in total. The van der Waals surface area contributed by atoms with Crippen LogP contribution in [0.15, 0.2) is 35.6 Å². The first-order valence-electron chi connectivity index (χ1n) is 9.92. The molecule has 4 rings (SSSR count). The molecule has 2 aliphatic rings. The van der Waals surface area contributed by atoms with Crippen LogP contribution in [-0.4, -0.2) is 57.0 Å². The molecule has 1 aromatic heterocycles. The van der Waals surface area contributed by atoms with Gasteiger partial charge in [0.05, 0.1) is 23.6 Å². The number of anilines is 1. The monoisotopic (exact) mass is 395 g/mol. The molecule has 0 radical (unpaired) electrons. The van der Waals surface area contributed by atoms with E-state index in [0.29, 0.717) is 24.3 Å². The van der Waals surface area contributed by atoms with Gasteiger partial charge >= 0.3 is 5.97 Å². The SMILES string of the molecule is CC1=NN(c2ccc(C(=O)N3CCC(n4ncc(C(=O)O)c4C)CC3)cc2)CC1. The molecule has 0 spiro atoms. The molecule has 1 aromatic carbocycles. The number of carbonyl (C=O) groups is 2. The fraction of sp³-hybridized carbons (Fsp3) is 0.429. The first kappa shape index (κ1) is 19.2. The van der Waals surface area contributed by atoms with Crippen molar-refractivity contribution in [1.82, 2.24) is 14.7 Å². The number of carboxylic acid groups (broad SMARTS) is 1. The topological polar surface area (TPSA) is 91.0 Å². The van der Waals surface area contributed by atoms with Crippen molar-refractivity contribution in [1.29, 1.82) is 0 Å². The summed E-state index contributed by atoms with van der Waals surface area (Å²) < 4.78 is 1.79. The van der Waals surface area contributed by atoms with E-state index < -0.39 is 5.97 Å². The summed E-state index contributed by atoms with van der Waals surface area (Å²) in [5, 5.41) is 19.9. The van der Waals surface area contributed by atoms with E-state index in [1.54, 1.807) is 11.6 Å². The molecular formula is C21H25N5O3. The molecule has 1 saturated heterocycles. The number of nitrogens with zero attached hydrogens (tertiary/aromatic N) is 5. The van der Waals surface area contributed by atoms with Crippen molar-refractivity contribution < 1.29 is 14.7 Å². The number of hydrogen-bond donors (Lipinski definition) is 1. The highest BCUT2D eigenvalue weighted by Gasteiger charge is 2.27. The van der Waals surface area contributed by atoms with E-state index in [9.17, 15) is 14.7 Å². The van der Waals surface area contributed by atoms with Gasteiger partial charge in [-0.15, -0.1) is 0 Å². The first-order chi connectivity index (χ1) is 13.9. The predicted molar refractivity (Wildman–Crippen MR) is 110 cm³/mol. The van der Waals surface area contributed by atoms with Crippen molar-refractivity contribution in [2.45, 2.75) is 39.2 Å². The predicted octanol–water partition coefficient (Wildman–Crippen LogP) is 2.95. The summed E-state index contributed by atoms with van der Waals surface area (Å²) in [6.07, 6.45) is 3.89. The highest BCUT2D eigenvalue weighted by atomic mass is 16.4. The van der Waals surface area contributed by atoms with E-state index in [1.165, 1.54) is 6.20 Å². The molecule has 0 saturated carbocycles. The number of aromatic nitrogens is 2. The van der Waals surface area contributed by atoms with Crippen LogP contribution in [0.2, 0.25) is 0 Å². The lowest BCUT2D eigenvalue weighted by molar-refractivity contribution is 0.0688. The molecule has 2 aromatic rings. The molecule has 0 atom stereocenters. The number of rotatable bonds is 4. The van der Waals surface area contributed by atoms with E-state index >= 15 is 0 Å². The molecule has 152 valence electrons. The van der Waals surface area contributed by atoms with Crippen molar-refractivity contribution in [3.05, 3.63) is 47.3 Å². The minimum atomic E-state index is -0.959. The van der Waals surface area contributed by atoms with Crippen molar-refractivity contribution in [2.75, 3.05) is 24.6 Å². The number of likely N-dealkylation sites (tertiary alicyclic amines) is 1. The summed E-state index contributed by atoms with van der Waals surface area (Å²) in [6.45, 7) is 5.93. The van der Waals surface area contributed by atoms with Gasteiger partial charge in [-0.1, -0.05) is 0 Å². The average molecular weight is 395 g/mol. The van der Waals surface area contributed by atoms with Crippen molar-refractivity contribution >= 4 is 23.3 Å². The van der Waals surface area contributed by atoms with Gasteiger partial charge in [-0.3, -0.25) is 14.5 Å². The summed E-state index contributed by atoms with van der Waals surface area (Å²) in [6, 6.07) is 7.74. The van der Waals surface area contributed by atoms with E-state index in [4.69, 9.17) is 0 Å². The van der Waals surface area contributed by atoms with Crippen LogP contribution in [0.3, 0.4) is 0 Å². The van der Waals surface area contributed by atoms with Crippen molar-refractivity contribution in [3.63, 3.8) is 0 Å². The van der Waals surface area contributed by atoms with E-state index in [1.807, 2.05) is 41.1 Å². The lowest BCUT2D eigenvalue weighted by Crippen LogP contribution is -2.39. The van der Waals surface area contributed by atoms with Crippen LogP contribution in [0.5, 0.6) is 0 Å². The van der Waals surface area contributed by atoms with Crippen LogP contribution in [0.4, 0.5) is 5.69 Å². The zero-order valence-electron chi connectivity index (χ0n) is 16.7. The number of hydrogen-bond acceptors (Lipinski definition) is 5. The Morgan fingerprint density at radius 1 is 1.07 bits per heavy atom. The van der Waals surface area contributed by atoms with Gasteiger partial charge in [0.1, 0.15) is 5.56 Å². The van der Waals surface area contributed by atoms with Gasteiger partial charge in [-0.05, 0) is 51.0 Å². The molecule has 0 bridgehead atoms. The van der Waals surface area contributed by atoms with Gasteiger partial charge in [0.25, 0.3) is 5.91 Å². The summed E-state index contributed by atoms with van der Waals surface area (Å²) in [4.78, 5) is 26.0. The molecule has 0 aliphatic carbocycles. The zero-order valence-corrected chi connectivity index (χ0v) is 16.7. The fourth-order valence-corrected chi connectivity index (χ4v) is 4.03. The number of hydrazone groups is 1. The number of benzene rings is 1. The van der Waals surface area contributed by atoms with Gasteiger partial charge in [-0.2, -0.15) is 10.2 Å². The molecule has 0 unspecified atom stereocenters. The third-order valence-electron chi connectivity index (χ3n) is 5.76. The lowest BCUT2D eigenvalue weighted by Gasteiger charge is -2.32. The molecule has 2 aliphatic heterocycles. The van der Waals surface area contributed by atoms with E-state index in [-0.39, 0.29) is 17.5 Å². The van der Waals surface area contributed by atoms with Crippen molar-refractivity contribution in [2.24, 2.45) is 5.10 Å². The third-order valence-corrected chi connectivity index (χ3v) is 5.76. The minimum absolute atomic E-state index is 0.0273. The highest BCUT2D eigenvalue weighted by Crippen LogP contribution is 2.26. The minimum Gasteiger partial charge on any atom is -0.478 e. The van der Waals surface area contributed by atoms with Crippen molar-refractivity contribution in [3.8, 4) is 0 Å². The summed E-state index contributed by atoms with van der Waals surface area (Å²) >= 11 is 0. The lowest BCUT2D eigenvalue weighted by atomic mass is 10.0. The van der Waals surface area contributed by atoms with Crippen LogP contribution in [0, 0.1) is 6.92 Å². The van der Waals surface area contributed by atoms with Gasteiger partial charge < -0.3 is 10.0 Å².